The van der Waals surface area contributed by atoms with Gasteiger partial charge in [0.2, 0.25) is 0 Å². The Morgan fingerprint density at radius 2 is 1.75 bits per heavy atom. The Morgan fingerprint density at radius 1 is 1.00 bits per heavy atom. The summed E-state index contributed by atoms with van der Waals surface area (Å²) in [6.07, 6.45) is 11.1. The van der Waals surface area contributed by atoms with Crippen molar-refractivity contribution in [3.8, 4) is 5.69 Å². The van der Waals surface area contributed by atoms with E-state index in [0.717, 1.165) is 64.0 Å². The highest BCUT2D eigenvalue weighted by Crippen LogP contribution is 2.26. The van der Waals surface area contributed by atoms with E-state index in [1.807, 2.05) is 4.57 Å². The summed E-state index contributed by atoms with van der Waals surface area (Å²) < 4.78 is 7.37. The van der Waals surface area contributed by atoms with E-state index in [1.54, 1.807) is 30.9 Å². The molecule has 0 unspecified atom stereocenters. The number of H-pyrrole nitrogens is 1. The molecule has 0 radical (unpaired) electrons. The summed E-state index contributed by atoms with van der Waals surface area (Å²) >= 11 is 0. The zero-order valence-corrected chi connectivity index (χ0v) is 22.6. The largest absolute Gasteiger partial charge is 0.473 e. The van der Waals surface area contributed by atoms with Crippen LogP contribution in [0.5, 0.6) is 0 Å². The molecule has 0 saturated heterocycles. The first kappa shape index (κ1) is 28.7. The molecule has 0 bridgehead atoms. The Bertz CT molecular complexity index is 1420. The van der Waals surface area contributed by atoms with Gasteiger partial charge in [-0.1, -0.05) is 41.5 Å². The van der Waals surface area contributed by atoms with E-state index in [4.69, 9.17) is 24.5 Å². The van der Waals surface area contributed by atoms with Gasteiger partial charge < -0.3 is 19.9 Å². The molecule has 0 saturated carbocycles. The van der Waals surface area contributed by atoms with Crippen LogP contribution in [0.25, 0.3) is 16.6 Å². The van der Waals surface area contributed by atoms with Gasteiger partial charge in [-0.05, 0) is 68.0 Å². The van der Waals surface area contributed by atoms with Crippen molar-refractivity contribution in [2.45, 2.75) is 32.1 Å². The van der Waals surface area contributed by atoms with Gasteiger partial charge in [-0.15, -0.1) is 10.2 Å². The first-order chi connectivity index (χ1) is 19.4. The van der Waals surface area contributed by atoms with E-state index >= 15 is 0 Å². The van der Waals surface area contributed by atoms with E-state index < -0.39 is 11.9 Å². The molecule has 210 valence electrons. The summed E-state index contributed by atoms with van der Waals surface area (Å²) in [5.74, 6) is -3.65. The lowest BCUT2D eigenvalue weighted by molar-refractivity contribution is -0.159. The molecule has 40 heavy (non-hydrogen) atoms. The molecule has 1 aliphatic heterocycles. The summed E-state index contributed by atoms with van der Waals surface area (Å²) in [5, 5.41) is 23.9. The number of aliphatic carboxylic acids is 2. The number of hydrogen-bond donors (Lipinski definition) is 3. The number of benzene rings is 2. The van der Waals surface area contributed by atoms with Crippen molar-refractivity contribution in [1.82, 2.24) is 24.6 Å². The molecule has 10 nitrogen and oxygen atoms in total. The molecule has 0 amide bonds. The summed E-state index contributed by atoms with van der Waals surface area (Å²) in [5.41, 5.74) is 8.24. The van der Waals surface area contributed by atoms with E-state index in [-0.39, 0.29) is 0 Å². The molecule has 2 aromatic carbocycles. The maximum atomic E-state index is 9.10. The predicted molar refractivity (Wildman–Crippen MR) is 152 cm³/mol. The second kappa shape index (κ2) is 14.2. The Hall–Kier alpha value is -4.28. The SMILES string of the molecule is COCCC1=C(Cc2ccccc2)CCN(CCCc2c[nH]c3ccc(-n4cnnc4)cc23)C1.O=C(O)C(=O)O. The van der Waals surface area contributed by atoms with Gasteiger partial charge >= 0.3 is 11.9 Å². The van der Waals surface area contributed by atoms with Gasteiger partial charge in [-0.25, -0.2) is 9.59 Å². The summed E-state index contributed by atoms with van der Waals surface area (Å²) in [6.45, 7) is 4.12. The average Bonchev–Trinajstić information content (AvgIpc) is 3.64. The monoisotopic (exact) mass is 545 g/mol. The van der Waals surface area contributed by atoms with Crippen molar-refractivity contribution in [1.29, 1.82) is 0 Å². The Morgan fingerprint density at radius 3 is 2.45 bits per heavy atom. The number of carboxylic acid groups (broad SMARTS) is 2. The molecule has 1 aliphatic rings. The molecular weight excluding hydrogens is 510 g/mol. The molecule has 5 rings (SSSR count). The molecule has 10 heteroatoms. The van der Waals surface area contributed by atoms with E-state index in [2.05, 4.69) is 74.8 Å². The van der Waals surface area contributed by atoms with Crippen LogP contribution >= 0.6 is 0 Å². The van der Waals surface area contributed by atoms with E-state index in [0.29, 0.717) is 0 Å². The number of aryl methyl sites for hydroxylation is 1. The number of methoxy groups -OCH3 is 1. The maximum absolute atomic E-state index is 9.10. The lowest BCUT2D eigenvalue weighted by Gasteiger charge is -2.31. The number of aromatic amines is 1. The number of fused-ring (bicyclic) bond motifs is 1. The summed E-state index contributed by atoms with van der Waals surface area (Å²) in [6, 6.07) is 17.3. The second-order valence-electron chi connectivity index (χ2n) is 9.77. The molecule has 0 aliphatic carbocycles. The molecule has 3 heterocycles. The van der Waals surface area contributed by atoms with Gasteiger partial charge in [0.05, 0.1) is 0 Å². The fourth-order valence-corrected chi connectivity index (χ4v) is 5.02. The standard InChI is InChI=1S/C28H33N5O.C2H2O4/c1-34-15-12-25-19-32(14-11-23(25)16-22-6-3-2-4-7-22)13-5-8-24-18-29-28-10-9-26(17-27(24)28)33-20-30-31-21-33;3-1(4)2(5)6/h2-4,6-7,9-10,17-18,20-21,29H,5,8,11-16,19H2,1H3;(H,3,4)(H,5,6). The van der Waals surface area contributed by atoms with Gasteiger partial charge in [-0.3, -0.25) is 9.47 Å². The third-order valence-electron chi connectivity index (χ3n) is 7.08. The highest BCUT2D eigenvalue weighted by Gasteiger charge is 2.19. The van der Waals surface area contributed by atoms with Crippen LogP contribution in [0.3, 0.4) is 0 Å². The fraction of sp³-hybridized carbons (Fsp3) is 0.333. The Balaban J connectivity index is 0.000000557. The van der Waals surface area contributed by atoms with Crippen LogP contribution in [0.2, 0.25) is 0 Å². The number of carboxylic acids is 2. The second-order valence-corrected chi connectivity index (χ2v) is 9.77. The number of carbonyl (C=O) groups is 2. The van der Waals surface area contributed by atoms with Crippen LogP contribution in [0, 0.1) is 0 Å². The van der Waals surface area contributed by atoms with Gasteiger partial charge in [0.1, 0.15) is 12.7 Å². The van der Waals surface area contributed by atoms with Gasteiger partial charge in [-0.2, -0.15) is 0 Å². The molecule has 0 spiro atoms. The molecular formula is C30H35N5O5. The van der Waals surface area contributed by atoms with Crippen LogP contribution in [0.4, 0.5) is 0 Å². The van der Waals surface area contributed by atoms with Crippen molar-refractivity contribution < 1.29 is 24.5 Å². The van der Waals surface area contributed by atoms with Gasteiger partial charge in [0.15, 0.2) is 0 Å². The molecule has 3 N–H and O–H groups in total. The fourth-order valence-electron chi connectivity index (χ4n) is 5.02. The number of nitrogens with one attached hydrogen (secondary N) is 1. The minimum absolute atomic E-state index is 0.797. The van der Waals surface area contributed by atoms with Crippen molar-refractivity contribution in [3.05, 3.63) is 89.7 Å². The zero-order valence-electron chi connectivity index (χ0n) is 22.6. The Kier molecular flexibility index (Phi) is 10.2. The Labute approximate surface area is 232 Å². The summed E-state index contributed by atoms with van der Waals surface area (Å²) in [4.78, 5) is 24.3. The normalized spacial score (nSPS) is 13.7. The van der Waals surface area contributed by atoms with Crippen LogP contribution in [0.1, 0.15) is 30.4 Å². The molecule has 0 fully saturated rings. The average molecular weight is 546 g/mol. The van der Waals surface area contributed by atoms with Crippen LogP contribution < -0.4 is 0 Å². The lowest BCUT2D eigenvalue weighted by Crippen LogP contribution is -2.33. The van der Waals surface area contributed by atoms with Crippen LogP contribution in [-0.2, 0) is 27.2 Å². The van der Waals surface area contributed by atoms with Crippen LogP contribution in [0.15, 0.2) is 78.5 Å². The minimum atomic E-state index is -1.82. The van der Waals surface area contributed by atoms with E-state index in [1.165, 1.54) is 22.0 Å². The van der Waals surface area contributed by atoms with Crippen molar-refractivity contribution in [3.63, 3.8) is 0 Å². The van der Waals surface area contributed by atoms with Crippen molar-refractivity contribution in [2.75, 3.05) is 33.4 Å². The highest BCUT2D eigenvalue weighted by atomic mass is 16.5. The highest BCUT2D eigenvalue weighted by molar-refractivity contribution is 6.27. The van der Waals surface area contributed by atoms with Gasteiger partial charge in [0, 0.05) is 49.6 Å². The topological polar surface area (TPSA) is 134 Å². The number of nitrogens with zero attached hydrogens (tertiary/aromatic N) is 4. The quantitative estimate of drug-likeness (QED) is 0.200. The van der Waals surface area contributed by atoms with Crippen molar-refractivity contribution in [2.24, 2.45) is 0 Å². The number of ether oxygens (including phenoxy) is 1. The number of aromatic nitrogens is 4. The predicted octanol–water partition coefficient (Wildman–Crippen LogP) is 4.12. The van der Waals surface area contributed by atoms with Gasteiger partial charge in [0.25, 0.3) is 0 Å². The first-order valence-corrected chi connectivity index (χ1v) is 13.3. The third-order valence-corrected chi connectivity index (χ3v) is 7.08. The lowest BCUT2D eigenvalue weighted by atomic mass is 9.92. The third kappa shape index (κ3) is 7.87. The number of rotatable bonds is 10. The first-order valence-electron chi connectivity index (χ1n) is 13.3. The van der Waals surface area contributed by atoms with Crippen LogP contribution in [-0.4, -0.2) is 80.2 Å². The zero-order chi connectivity index (χ0) is 28.3. The van der Waals surface area contributed by atoms with E-state index in [9.17, 15) is 0 Å². The smallest absolute Gasteiger partial charge is 0.414 e. The molecule has 0 atom stereocenters. The molecule has 2 aromatic heterocycles. The van der Waals surface area contributed by atoms with Crippen molar-refractivity contribution >= 4 is 22.8 Å². The number of hydrogen-bond acceptors (Lipinski definition) is 6. The summed E-state index contributed by atoms with van der Waals surface area (Å²) in [7, 11) is 1.80. The molecule has 4 aromatic rings. The minimum Gasteiger partial charge on any atom is -0.473 e. The maximum Gasteiger partial charge on any atom is 0.414 e.